The largest absolute Gasteiger partial charge is 0.394 e. The van der Waals surface area contributed by atoms with Crippen LogP contribution in [0, 0.1) is 6.92 Å². The third kappa shape index (κ3) is 4.19. The minimum absolute atomic E-state index is 0.223. The minimum Gasteiger partial charge on any atom is -0.394 e. The van der Waals surface area contributed by atoms with Crippen LogP contribution in [0.2, 0.25) is 5.02 Å². The lowest BCUT2D eigenvalue weighted by Crippen LogP contribution is -2.55. The molecule has 1 aromatic carbocycles. The topological polar surface area (TPSA) is 133 Å². The summed E-state index contributed by atoms with van der Waals surface area (Å²) in [6.07, 6.45) is -1.78. The molecule has 4 N–H and O–H groups in total. The summed E-state index contributed by atoms with van der Waals surface area (Å²) in [6.45, 7) is 1.45. The number of hydrogen-bond donors (Lipinski definition) is 4. The van der Waals surface area contributed by atoms with E-state index in [2.05, 4.69) is 15.3 Å². The zero-order valence-corrected chi connectivity index (χ0v) is 18.1. The molecule has 30 heavy (non-hydrogen) atoms. The molecule has 1 saturated heterocycles. The van der Waals surface area contributed by atoms with E-state index >= 15 is 0 Å². The number of aliphatic hydroxyl groups excluding tert-OH is 3. The summed E-state index contributed by atoms with van der Waals surface area (Å²) in [5.74, 6) is 0. The standard InChI is InChI=1S/C18H19ClN4O5S2/c1-8-2-3-9(4-10(8)19)30-17-16(26)14(15(25)13(6-24)28-17)23-5-11(21-22-23)12-7-29-18(27)20-12/h2-5,7,13-17,24-26H,6H2,1H3,(H,20,27). The second-order valence-corrected chi connectivity index (χ2v) is 9.29. The number of aliphatic hydroxyl groups is 3. The van der Waals surface area contributed by atoms with Crippen LogP contribution in [-0.2, 0) is 4.74 Å². The first-order valence-electron chi connectivity index (χ1n) is 9.02. The van der Waals surface area contributed by atoms with Gasteiger partial charge in [-0.3, -0.25) is 4.79 Å². The third-order valence-corrected chi connectivity index (χ3v) is 7.08. The number of benzene rings is 1. The van der Waals surface area contributed by atoms with Crippen LogP contribution in [0.3, 0.4) is 0 Å². The molecular weight excluding hydrogens is 452 g/mol. The van der Waals surface area contributed by atoms with Crippen molar-refractivity contribution in [3.63, 3.8) is 0 Å². The van der Waals surface area contributed by atoms with E-state index in [0.29, 0.717) is 16.4 Å². The third-order valence-electron chi connectivity index (χ3n) is 4.86. The van der Waals surface area contributed by atoms with Gasteiger partial charge in [0.25, 0.3) is 0 Å². The normalized spacial score (nSPS) is 26.8. The number of halogens is 1. The average molecular weight is 471 g/mol. The second-order valence-electron chi connectivity index (χ2n) is 6.87. The highest BCUT2D eigenvalue weighted by Crippen LogP contribution is 2.39. The molecular formula is C18H19ClN4O5S2. The van der Waals surface area contributed by atoms with Crippen molar-refractivity contribution in [2.45, 2.75) is 41.6 Å². The van der Waals surface area contributed by atoms with E-state index in [-0.39, 0.29) is 4.87 Å². The van der Waals surface area contributed by atoms with E-state index in [4.69, 9.17) is 16.3 Å². The average Bonchev–Trinajstić information content (AvgIpc) is 3.36. The van der Waals surface area contributed by atoms with Gasteiger partial charge in [-0.2, -0.15) is 0 Å². The first-order valence-corrected chi connectivity index (χ1v) is 11.2. The van der Waals surface area contributed by atoms with Crippen molar-refractivity contribution in [2.75, 3.05) is 6.61 Å². The molecule has 1 fully saturated rings. The molecule has 5 unspecified atom stereocenters. The van der Waals surface area contributed by atoms with Gasteiger partial charge in [0.2, 0.25) is 0 Å². The number of thioether (sulfide) groups is 1. The van der Waals surface area contributed by atoms with E-state index < -0.39 is 36.4 Å². The van der Waals surface area contributed by atoms with Gasteiger partial charge in [-0.15, -0.1) is 5.10 Å². The highest BCUT2D eigenvalue weighted by Gasteiger charge is 2.46. The van der Waals surface area contributed by atoms with Gasteiger partial charge in [-0.25, -0.2) is 4.68 Å². The molecule has 4 rings (SSSR count). The van der Waals surface area contributed by atoms with Gasteiger partial charge in [0.1, 0.15) is 35.5 Å². The van der Waals surface area contributed by atoms with Crippen molar-refractivity contribution in [2.24, 2.45) is 0 Å². The van der Waals surface area contributed by atoms with Crippen LogP contribution in [0.4, 0.5) is 0 Å². The van der Waals surface area contributed by atoms with E-state index in [9.17, 15) is 20.1 Å². The molecule has 0 spiro atoms. The Morgan fingerprint density at radius 2 is 2.17 bits per heavy atom. The number of hydrogen-bond acceptors (Lipinski definition) is 9. The van der Waals surface area contributed by atoms with E-state index in [1.165, 1.54) is 22.6 Å². The van der Waals surface area contributed by atoms with Gasteiger partial charge in [0.15, 0.2) is 0 Å². The lowest BCUT2D eigenvalue weighted by Gasteiger charge is -2.41. The van der Waals surface area contributed by atoms with Crippen molar-refractivity contribution in [1.82, 2.24) is 20.0 Å². The number of nitrogens with one attached hydrogen (secondary N) is 1. The van der Waals surface area contributed by atoms with Gasteiger partial charge < -0.3 is 25.0 Å². The Morgan fingerprint density at radius 1 is 1.37 bits per heavy atom. The molecule has 3 heterocycles. The molecule has 2 aromatic heterocycles. The smallest absolute Gasteiger partial charge is 0.304 e. The predicted octanol–water partition coefficient (Wildman–Crippen LogP) is 1.43. The molecule has 12 heteroatoms. The number of aromatic amines is 1. The number of aromatic nitrogens is 4. The van der Waals surface area contributed by atoms with Crippen LogP contribution in [0.5, 0.6) is 0 Å². The van der Waals surface area contributed by atoms with Gasteiger partial charge in [0.05, 0.1) is 18.5 Å². The van der Waals surface area contributed by atoms with Crippen LogP contribution < -0.4 is 4.87 Å². The number of aryl methyl sites for hydroxylation is 1. The Kier molecular flexibility index (Phi) is 6.30. The zero-order chi connectivity index (χ0) is 21.4. The highest BCUT2D eigenvalue weighted by atomic mass is 35.5. The van der Waals surface area contributed by atoms with Crippen LogP contribution in [-0.4, -0.2) is 65.7 Å². The summed E-state index contributed by atoms with van der Waals surface area (Å²) in [7, 11) is 0. The fraction of sp³-hybridized carbons (Fsp3) is 0.389. The first-order chi connectivity index (χ1) is 14.4. The van der Waals surface area contributed by atoms with Gasteiger partial charge in [0, 0.05) is 15.3 Å². The Morgan fingerprint density at radius 3 is 2.83 bits per heavy atom. The van der Waals surface area contributed by atoms with Crippen LogP contribution in [0.1, 0.15) is 11.6 Å². The maximum absolute atomic E-state index is 11.4. The Labute approximate surface area is 184 Å². The number of H-pyrrole nitrogens is 1. The number of rotatable bonds is 5. The monoisotopic (exact) mass is 470 g/mol. The van der Waals surface area contributed by atoms with Crippen LogP contribution in [0.25, 0.3) is 11.4 Å². The minimum atomic E-state index is -1.22. The van der Waals surface area contributed by atoms with E-state index in [1.54, 1.807) is 11.4 Å². The summed E-state index contributed by atoms with van der Waals surface area (Å²) in [6, 6.07) is 4.57. The predicted molar refractivity (Wildman–Crippen MR) is 113 cm³/mol. The lowest BCUT2D eigenvalue weighted by molar-refractivity contribution is -0.178. The molecule has 9 nitrogen and oxygen atoms in total. The van der Waals surface area contributed by atoms with Gasteiger partial charge in [-0.05, 0) is 24.6 Å². The molecule has 0 amide bonds. The van der Waals surface area contributed by atoms with Crippen molar-refractivity contribution < 1.29 is 20.1 Å². The van der Waals surface area contributed by atoms with Crippen LogP contribution in [0.15, 0.2) is 39.5 Å². The lowest BCUT2D eigenvalue weighted by atomic mass is 9.97. The highest BCUT2D eigenvalue weighted by molar-refractivity contribution is 7.99. The zero-order valence-electron chi connectivity index (χ0n) is 15.7. The quantitative estimate of drug-likeness (QED) is 0.440. The molecule has 3 aromatic rings. The van der Waals surface area contributed by atoms with Crippen LogP contribution >= 0.6 is 34.7 Å². The SMILES string of the molecule is Cc1ccc(SC2OC(CO)C(O)C(n3cc(-c4csc(=O)[nH]4)nn3)C2O)cc1Cl. The Balaban J connectivity index is 1.62. The first kappa shape index (κ1) is 21.5. The molecule has 1 aliphatic rings. The Hall–Kier alpha value is -1.73. The molecule has 160 valence electrons. The molecule has 0 aliphatic carbocycles. The molecule has 1 aliphatic heterocycles. The summed E-state index contributed by atoms with van der Waals surface area (Å²) in [4.78, 5) is 14.6. The summed E-state index contributed by atoms with van der Waals surface area (Å²) in [5.41, 5.74) is 1.03. The molecule has 0 bridgehead atoms. The van der Waals surface area contributed by atoms with Crippen molar-refractivity contribution in [1.29, 1.82) is 0 Å². The molecule has 0 saturated carbocycles. The number of nitrogens with zero attached hydrogens (tertiary/aromatic N) is 3. The maximum atomic E-state index is 11.4. The van der Waals surface area contributed by atoms with Gasteiger partial charge >= 0.3 is 4.87 Å². The maximum Gasteiger partial charge on any atom is 0.304 e. The number of ether oxygens (including phenoxy) is 1. The van der Waals surface area contributed by atoms with E-state index in [1.807, 2.05) is 19.1 Å². The fourth-order valence-electron chi connectivity index (χ4n) is 3.21. The molecule has 0 radical (unpaired) electrons. The summed E-state index contributed by atoms with van der Waals surface area (Å²) < 4.78 is 7.08. The summed E-state index contributed by atoms with van der Waals surface area (Å²) in [5, 5.41) is 41.6. The van der Waals surface area contributed by atoms with Gasteiger partial charge in [-0.1, -0.05) is 46.0 Å². The molecule has 5 atom stereocenters. The fourth-order valence-corrected chi connectivity index (χ4v) is 5.13. The van der Waals surface area contributed by atoms with Crippen molar-refractivity contribution in [3.05, 3.63) is 50.0 Å². The van der Waals surface area contributed by atoms with Crippen molar-refractivity contribution >= 4 is 34.7 Å². The van der Waals surface area contributed by atoms with Crippen molar-refractivity contribution in [3.8, 4) is 11.4 Å². The second kappa shape index (κ2) is 8.79. The summed E-state index contributed by atoms with van der Waals surface area (Å²) >= 11 is 8.43. The van der Waals surface area contributed by atoms with E-state index in [0.717, 1.165) is 21.8 Å². The Bertz CT molecular complexity index is 1090. The number of thiazole rings is 1.